The Morgan fingerprint density at radius 1 is 0.857 bits per heavy atom. The second kappa shape index (κ2) is 16.8. The summed E-state index contributed by atoms with van der Waals surface area (Å²) in [7, 11) is 0. The molecule has 2 nitrogen and oxygen atoms in total. The van der Waals surface area contributed by atoms with Crippen LogP contribution in [0.5, 0.6) is 5.75 Å². The predicted molar refractivity (Wildman–Crippen MR) is 142 cm³/mol. The van der Waals surface area contributed by atoms with Gasteiger partial charge in [0.15, 0.2) is 5.12 Å². The summed E-state index contributed by atoms with van der Waals surface area (Å²) in [6, 6.07) is 9.65. The molecule has 0 atom stereocenters. The fraction of sp³-hybridized carbons (Fsp3) is 0.433. The third-order valence-electron chi connectivity index (χ3n) is 5.23. The summed E-state index contributed by atoms with van der Waals surface area (Å²) < 4.78 is 34.6. The number of hydrogen-bond donors (Lipinski definition) is 0. The fourth-order valence-electron chi connectivity index (χ4n) is 3.30. The van der Waals surface area contributed by atoms with Gasteiger partial charge in [0.1, 0.15) is 17.4 Å². The maximum absolute atomic E-state index is 14.4. The van der Waals surface area contributed by atoms with Crippen molar-refractivity contribution in [3.8, 4) is 29.4 Å². The van der Waals surface area contributed by atoms with Crippen LogP contribution in [-0.2, 0) is 4.79 Å². The van der Waals surface area contributed by atoms with E-state index in [1.165, 1.54) is 56.0 Å². The average molecular weight is 497 g/mol. The van der Waals surface area contributed by atoms with Crippen LogP contribution in [0.2, 0.25) is 0 Å². The quantitative estimate of drug-likeness (QED) is 0.221. The Hall–Kier alpha value is -2.76. The van der Waals surface area contributed by atoms with Gasteiger partial charge in [-0.2, -0.15) is 0 Å². The molecule has 5 heteroatoms. The van der Waals surface area contributed by atoms with E-state index >= 15 is 0 Å². The van der Waals surface area contributed by atoms with Gasteiger partial charge in [-0.25, -0.2) is 8.78 Å². The molecule has 0 heterocycles. The highest BCUT2D eigenvalue weighted by molar-refractivity contribution is 8.13. The Morgan fingerprint density at radius 3 is 2.23 bits per heavy atom. The van der Waals surface area contributed by atoms with Crippen LogP contribution >= 0.6 is 11.8 Å². The first-order valence-electron chi connectivity index (χ1n) is 12.4. The molecule has 0 amide bonds. The van der Waals surface area contributed by atoms with Gasteiger partial charge in [-0.1, -0.05) is 74.5 Å². The van der Waals surface area contributed by atoms with Gasteiger partial charge in [0.05, 0.1) is 12.2 Å². The maximum Gasteiger partial charge on any atom is 0.185 e. The van der Waals surface area contributed by atoms with Crippen molar-refractivity contribution >= 4 is 16.9 Å². The number of benzene rings is 2. The van der Waals surface area contributed by atoms with Crippen LogP contribution in [-0.4, -0.2) is 17.5 Å². The third kappa shape index (κ3) is 12.0. The van der Waals surface area contributed by atoms with Gasteiger partial charge in [0.2, 0.25) is 0 Å². The Labute approximate surface area is 213 Å². The molecule has 2 rings (SSSR count). The minimum absolute atomic E-state index is 0.107. The summed E-state index contributed by atoms with van der Waals surface area (Å²) in [4.78, 5) is 10.9. The van der Waals surface area contributed by atoms with Crippen molar-refractivity contribution < 1.29 is 18.3 Å². The van der Waals surface area contributed by atoms with Crippen molar-refractivity contribution in [1.29, 1.82) is 0 Å². The van der Waals surface area contributed by atoms with Crippen LogP contribution in [0.25, 0.3) is 0 Å². The molecule has 0 radical (unpaired) electrons. The van der Waals surface area contributed by atoms with Gasteiger partial charge >= 0.3 is 0 Å². The molecule has 2 aromatic rings. The first-order valence-corrected chi connectivity index (χ1v) is 13.3. The van der Waals surface area contributed by atoms with E-state index in [0.717, 1.165) is 30.8 Å². The number of hydrogen-bond acceptors (Lipinski definition) is 3. The van der Waals surface area contributed by atoms with Gasteiger partial charge in [0, 0.05) is 30.2 Å². The van der Waals surface area contributed by atoms with E-state index in [0.29, 0.717) is 18.6 Å². The van der Waals surface area contributed by atoms with Crippen molar-refractivity contribution in [2.45, 2.75) is 71.6 Å². The van der Waals surface area contributed by atoms with Crippen LogP contribution < -0.4 is 4.74 Å². The highest BCUT2D eigenvalue weighted by Crippen LogP contribution is 2.16. The lowest BCUT2D eigenvalue weighted by Gasteiger charge is -2.06. The van der Waals surface area contributed by atoms with Crippen LogP contribution in [0, 0.1) is 35.3 Å². The zero-order chi connectivity index (χ0) is 25.3. The van der Waals surface area contributed by atoms with Gasteiger partial charge in [-0.15, -0.1) is 0 Å². The highest BCUT2D eigenvalue weighted by atomic mass is 32.2. The van der Waals surface area contributed by atoms with Crippen molar-refractivity contribution in [3.63, 3.8) is 0 Å². The molecule has 0 aliphatic rings. The van der Waals surface area contributed by atoms with Gasteiger partial charge in [-0.05, 0) is 55.7 Å². The standard InChI is InChI=1S/C30H34F2O2S/c1-3-4-5-6-8-11-20-34-27-17-14-25(15-18-27)16-19-28-29(31)22-26(23-30(28)32)13-10-7-9-12-21-35-24(2)33/h14-15,17-18,22-23H,3-9,11-12,20-21H2,1-2H3. The van der Waals surface area contributed by atoms with E-state index in [1.54, 1.807) is 19.1 Å². The minimum atomic E-state index is -0.724. The molecule has 0 fully saturated rings. The number of carbonyl (C=O) groups excluding carboxylic acids is 1. The smallest absolute Gasteiger partial charge is 0.185 e. The largest absolute Gasteiger partial charge is 0.494 e. The molecule has 0 spiro atoms. The molecule has 0 unspecified atom stereocenters. The van der Waals surface area contributed by atoms with E-state index in [2.05, 4.69) is 30.6 Å². The van der Waals surface area contributed by atoms with Gasteiger partial charge in [-0.3, -0.25) is 4.79 Å². The second-order valence-electron chi connectivity index (χ2n) is 8.30. The molecule has 186 valence electrons. The molecule has 0 bridgehead atoms. The second-order valence-corrected chi connectivity index (χ2v) is 9.58. The molecule has 2 aromatic carbocycles. The Balaban J connectivity index is 1.85. The lowest BCUT2D eigenvalue weighted by atomic mass is 10.1. The molecule has 0 aliphatic heterocycles. The summed E-state index contributed by atoms with van der Waals surface area (Å²) >= 11 is 1.30. The monoisotopic (exact) mass is 496 g/mol. The summed E-state index contributed by atoms with van der Waals surface area (Å²) in [6.07, 6.45) is 9.60. The molecule has 0 N–H and O–H groups in total. The van der Waals surface area contributed by atoms with E-state index in [9.17, 15) is 13.6 Å². The van der Waals surface area contributed by atoms with Crippen molar-refractivity contribution in [2.24, 2.45) is 0 Å². The summed E-state index contributed by atoms with van der Waals surface area (Å²) in [6.45, 7) is 4.44. The van der Waals surface area contributed by atoms with E-state index in [1.807, 2.05) is 12.1 Å². The Kier molecular flexibility index (Phi) is 13.7. The van der Waals surface area contributed by atoms with Crippen LogP contribution in [0.15, 0.2) is 36.4 Å². The predicted octanol–water partition coefficient (Wildman–Crippen LogP) is 7.91. The topological polar surface area (TPSA) is 26.3 Å². The molecule has 0 saturated heterocycles. The number of thioether (sulfide) groups is 1. The molecular formula is C30H34F2O2S. The van der Waals surface area contributed by atoms with Crippen molar-refractivity contribution in [3.05, 3.63) is 64.7 Å². The molecular weight excluding hydrogens is 462 g/mol. The summed E-state index contributed by atoms with van der Waals surface area (Å²) in [5, 5.41) is 0.107. The van der Waals surface area contributed by atoms with Crippen molar-refractivity contribution in [2.75, 3.05) is 12.4 Å². The lowest BCUT2D eigenvalue weighted by Crippen LogP contribution is -1.97. The normalized spacial score (nSPS) is 10.2. The molecule has 0 aliphatic carbocycles. The number of carbonyl (C=O) groups is 1. The zero-order valence-corrected chi connectivity index (χ0v) is 21.5. The lowest BCUT2D eigenvalue weighted by molar-refractivity contribution is -0.109. The molecule has 0 aromatic heterocycles. The highest BCUT2D eigenvalue weighted by Gasteiger charge is 2.08. The van der Waals surface area contributed by atoms with Crippen LogP contribution in [0.3, 0.4) is 0 Å². The first-order chi connectivity index (χ1) is 17.0. The SMILES string of the molecule is CCCCCCCCOc1ccc(C#Cc2c(F)cc(C#CCCCCSC(C)=O)cc2F)cc1. The third-order valence-corrected chi connectivity index (χ3v) is 6.13. The fourth-order valence-corrected chi connectivity index (χ4v) is 3.94. The van der Waals surface area contributed by atoms with Crippen LogP contribution in [0.4, 0.5) is 8.78 Å². The maximum atomic E-state index is 14.4. The Bertz CT molecular complexity index is 1030. The van der Waals surface area contributed by atoms with E-state index < -0.39 is 11.6 Å². The number of rotatable bonds is 12. The first kappa shape index (κ1) is 28.5. The van der Waals surface area contributed by atoms with Crippen LogP contribution in [0.1, 0.15) is 88.3 Å². The van der Waals surface area contributed by atoms with E-state index in [-0.39, 0.29) is 16.2 Å². The molecule has 35 heavy (non-hydrogen) atoms. The summed E-state index contributed by atoms with van der Waals surface area (Å²) in [5.41, 5.74) is 0.679. The van der Waals surface area contributed by atoms with E-state index in [4.69, 9.17) is 4.74 Å². The van der Waals surface area contributed by atoms with Gasteiger partial charge in [0.25, 0.3) is 0 Å². The summed E-state index contributed by atoms with van der Waals surface area (Å²) in [5.74, 6) is 11.2. The van der Waals surface area contributed by atoms with Crippen molar-refractivity contribution in [1.82, 2.24) is 0 Å². The Morgan fingerprint density at radius 2 is 1.54 bits per heavy atom. The number of halogens is 2. The minimum Gasteiger partial charge on any atom is -0.494 e. The zero-order valence-electron chi connectivity index (χ0n) is 20.7. The molecule has 0 saturated carbocycles. The number of unbranched alkanes of at least 4 members (excludes halogenated alkanes) is 7. The number of ether oxygens (including phenoxy) is 1. The van der Waals surface area contributed by atoms with Gasteiger partial charge < -0.3 is 4.74 Å². The average Bonchev–Trinajstić information content (AvgIpc) is 2.83.